The molecule has 0 aliphatic carbocycles. The molecule has 3 N–H and O–H groups in total. The lowest BCUT2D eigenvalue weighted by atomic mass is 10.2. The smallest absolute Gasteiger partial charge is 0.334 e. The molecule has 0 fully saturated rings. The van der Waals surface area contributed by atoms with E-state index in [0.717, 1.165) is 0 Å². The fourth-order valence-electron chi connectivity index (χ4n) is 0.876. The van der Waals surface area contributed by atoms with Gasteiger partial charge in [0.1, 0.15) is 0 Å². The van der Waals surface area contributed by atoms with Gasteiger partial charge in [0.15, 0.2) is 6.10 Å². The third-order valence-corrected chi connectivity index (χ3v) is 1.66. The van der Waals surface area contributed by atoms with Gasteiger partial charge in [-0.25, -0.2) is 4.79 Å². The van der Waals surface area contributed by atoms with Crippen molar-refractivity contribution in [2.24, 2.45) is 0 Å². The van der Waals surface area contributed by atoms with E-state index in [4.69, 9.17) is 10.2 Å². The van der Waals surface area contributed by atoms with Crippen molar-refractivity contribution in [2.45, 2.75) is 6.10 Å². The second kappa shape index (κ2) is 5.06. The monoisotopic (exact) mass is 210 g/mol. The number of aliphatic carboxylic acids is 1. The number of carbonyl (C=O) groups excluding carboxylic acids is 1. The molecule has 0 aromatic carbocycles. The van der Waals surface area contributed by atoms with Crippen LogP contribution >= 0.6 is 0 Å². The van der Waals surface area contributed by atoms with Gasteiger partial charge in [-0.3, -0.25) is 9.78 Å². The Kier molecular flexibility index (Phi) is 3.75. The SMILES string of the molecule is O=C(NCC(O)C(=O)O)c1cccnc1. The number of pyridine rings is 1. The molecule has 6 heteroatoms. The molecule has 1 atom stereocenters. The molecule has 15 heavy (non-hydrogen) atoms. The summed E-state index contributed by atoms with van der Waals surface area (Å²) < 4.78 is 0. The van der Waals surface area contributed by atoms with Gasteiger partial charge in [0.05, 0.1) is 12.1 Å². The molecular formula is C9H10N2O4. The Morgan fingerprint density at radius 2 is 2.27 bits per heavy atom. The van der Waals surface area contributed by atoms with Crippen molar-refractivity contribution in [3.63, 3.8) is 0 Å². The van der Waals surface area contributed by atoms with E-state index in [-0.39, 0.29) is 6.54 Å². The Balaban J connectivity index is 2.47. The van der Waals surface area contributed by atoms with Crippen molar-refractivity contribution in [1.29, 1.82) is 0 Å². The number of carboxylic acids is 1. The minimum absolute atomic E-state index is 0.315. The van der Waals surface area contributed by atoms with Gasteiger partial charge in [-0.05, 0) is 12.1 Å². The summed E-state index contributed by atoms with van der Waals surface area (Å²) >= 11 is 0. The topological polar surface area (TPSA) is 99.5 Å². The van der Waals surface area contributed by atoms with E-state index in [1.807, 2.05) is 0 Å². The summed E-state index contributed by atoms with van der Waals surface area (Å²) in [5.74, 6) is -1.84. The first-order valence-electron chi connectivity index (χ1n) is 4.20. The molecule has 0 saturated heterocycles. The van der Waals surface area contributed by atoms with E-state index in [0.29, 0.717) is 5.56 Å². The van der Waals surface area contributed by atoms with Crippen molar-refractivity contribution in [2.75, 3.05) is 6.54 Å². The van der Waals surface area contributed by atoms with Gasteiger partial charge >= 0.3 is 5.97 Å². The van der Waals surface area contributed by atoms with Crippen LogP contribution in [0.2, 0.25) is 0 Å². The molecule has 6 nitrogen and oxygen atoms in total. The number of carboxylic acid groups (broad SMARTS) is 1. The number of aromatic nitrogens is 1. The van der Waals surface area contributed by atoms with Crippen molar-refractivity contribution < 1.29 is 19.8 Å². The van der Waals surface area contributed by atoms with Crippen LogP contribution < -0.4 is 5.32 Å². The van der Waals surface area contributed by atoms with E-state index in [2.05, 4.69) is 10.3 Å². The third-order valence-electron chi connectivity index (χ3n) is 1.66. The molecular weight excluding hydrogens is 200 g/mol. The van der Waals surface area contributed by atoms with Crippen LogP contribution in [0.4, 0.5) is 0 Å². The summed E-state index contributed by atoms with van der Waals surface area (Å²) in [6.45, 7) is -0.330. The molecule has 80 valence electrons. The molecule has 1 rings (SSSR count). The van der Waals surface area contributed by atoms with Gasteiger partial charge in [-0.15, -0.1) is 0 Å². The van der Waals surface area contributed by atoms with E-state index < -0.39 is 18.0 Å². The Hall–Kier alpha value is -1.95. The highest BCUT2D eigenvalue weighted by atomic mass is 16.4. The molecule has 0 spiro atoms. The maximum absolute atomic E-state index is 11.3. The van der Waals surface area contributed by atoms with Crippen LogP contribution in [0.15, 0.2) is 24.5 Å². The molecule has 1 aromatic rings. The van der Waals surface area contributed by atoms with Crippen molar-refractivity contribution in [1.82, 2.24) is 10.3 Å². The van der Waals surface area contributed by atoms with Gasteiger partial charge in [-0.2, -0.15) is 0 Å². The second-order valence-corrected chi connectivity index (χ2v) is 2.81. The van der Waals surface area contributed by atoms with E-state index >= 15 is 0 Å². The van der Waals surface area contributed by atoms with E-state index in [1.165, 1.54) is 18.5 Å². The highest BCUT2D eigenvalue weighted by Crippen LogP contribution is 1.94. The van der Waals surface area contributed by atoms with Gasteiger partial charge in [0.25, 0.3) is 5.91 Å². The zero-order valence-electron chi connectivity index (χ0n) is 7.75. The Morgan fingerprint density at radius 3 is 2.80 bits per heavy atom. The van der Waals surface area contributed by atoms with Crippen LogP contribution in [0.3, 0.4) is 0 Å². The first-order valence-corrected chi connectivity index (χ1v) is 4.20. The van der Waals surface area contributed by atoms with Crippen LogP contribution in [0.25, 0.3) is 0 Å². The number of hydrogen-bond donors (Lipinski definition) is 3. The summed E-state index contributed by atoms with van der Waals surface area (Å²) in [6.07, 6.45) is 1.27. The van der Waals surface area contributed by atoms with Crippen LogP contribution in [-0.2, 0) is 4.79 Å². The molecule has 1 aromatic heterocycles. The number of amides is 1. The maximum atomic E-state index is 11.3. The third kappa shape index (κ3) is 3.35. The lowest BCUT2D eigenvalue weighted by molar-refractivity contribution is -0.146. The number of rotatable bonds is 4. The Labute approximate surface area is 85.6 Å². The van der Waals surface area contributed by atoms with Gasteiger partial charge < -0.3 is 15.5 Å². The molecule has 0 radical (unpaired) electrons. The standard InChI is InChI=1S/C9H10N2O4/c12-7(9(14)15)5-11-8(13)6-2-1-3-10-4-6/h1-4,7,12H,5H2,(H,11,13)(H,14,15). The number of aliphatic hydroxyl groups excluding tert-OH is 1. The molecule has 1 heterocycles. The van der Waals surface area contributed by atoms with Crippen molar-refractivity contribution in [3.05, 3.63) is 30.1 Å². The molecule has 1 amide bonds. The van der Waals surface area contributed by atoms with Crippen molar-refractivity contribution in [3.8, 4) is 0 Å². The second-order valence-electron chi connectivity index (χ2n) is 2.81. The maximum Gasteiger partial charge on any atom is 0.334 e. The summed E-state index contributed by atoms with van der Waals surface area (Å²) in [5, 5.41) is 19.5. The lowest BCUT2D eigenvalue weighted by Gasteiger charge is -2.07. The van der Waals surface area contributed by atoms with Crippen LogP contribution in [0.5, 0.6) is 0 Å². The first-order chi connectivity index (χ1) is 7.11. The minimum atomic E-state index is -1.59. The first kappa shape index (κ1) is 11.1. The fourth-order valence-corrected chi connectivity index (χ4v) is 0.876. The fraction of sp³-hybridized carbons (Fsp3) is 0.222. The highest BCUT2D eigenvalue weighted by molar-refractivity contribution is 5.94. The van der Waals surface area contributed by atoms with E-state index in [1.54, 1.807) is 6.07 Å². The molecule has 0 bridgehead atoms. The summed E-state index contributed by atoms with van der Waals surface area (Å²) in [5.41, 5.74) is 0.315. The summed E-state index contributed by atoms with van der Waals surface area (Å²) in [6, 6.07) is 3.12. The zero-order chi connectivity index (χ0) is 11.3. The quantitative estimate of drug-likeness (QED) is 0.607. The summed E-state index contributed by atoms with van der Waals surface area (Å²) in [7, 11) is 0. The lowest BCUT2D eigenvalue weighted by Crippen LogP contribution is -2.36. The number of nitrogens with one attached hydrogen (secondary N) is 1. The van der Waals surface area contributed by atoms with Gasteiger partial charge in [0, 0.05) is 12.4 Å². The normalized spacial score (nSPS) is 11.8. The largest absolute Gasteiger partial charge is 0.479 e. The molecule has 0 aliphatic heterocycles. The number of carbonyl (C=O) groups is 2. The average Bonchev–Trinajstić information content (AvgIpc) is 2.26. The van der Waals surface area contributed by atoms with Crippen LogP contribution in [0.1, 0.15) is 10.4 Å². The van der Waals surface area contributed by atoms with Crippen LogP contribution in [0, 0.1) is 0 Å². The number of aliphatic hydroxyl groups is 1. The predicted octanol–water partition coefficient (Wildman–Crippen LogP) is -0.743. The zero-order valence-corrected chi connectivity index (χ0v) is 7.75. The average molecular weight is 210 g/mol. The number of nitrogens with zero attached hydrogens (tertiary/aromatic N) is 1. The number of hydrogen-bond acceptors (Lipinski definition) is 4. The summed E-state index contributed by atoms with van der Waals surface area (Å²) in [4.78, 5) is 25.3. The predicted molar refractivity (Wildman–Crippen MR) is 50.2 cm³/mol. The molecule has 1 unspecified atom stereocenters. The molecule has 0 aliphatic rings. The molecule has 0 saturated carbocycles. The van der Waals surface area contributed by atoms with Gasteiger partial charge in [-0.1, -0.05) is 0 Å². The van der Waals surface area contributed by atoms with Crippen LogP contribution in [-0.4, -0.2) is 39.7 Å². The van der Waals surface area contributed by atoms with E-state index in [9.17, 15) is 9.59 Å². The minimum Gasteiger partial charge on any atom is -0.479 e. The Morgan fingerprint density at radius 1 is 1.53 bits per heavy atom. The Bertz CT molecular complexity index is 352. The highest BCUT2D eigenvalue weighted by Gasteiger charge is 2.14. The van der Waals surface area contributed by atoms with Crippen molar-refractivity contribution >= 4 is 11.9 Å². The van der Waals surface area contributed by atoms with Gasteiger partial charge in [0.2, 0.25) is 0 Å².